The van der Waals surface area contributed by atoms with Crippen LogP contribution >= 0.6 is 0 Å². The van der Waals surface area contributed by atoms with E-state index in [2.05, 4.69) is 45.9 Å². The SMILES string of the molecule is C=CC(=O)OCCOCC(C)(COCCOC(=O)C=C)COCCOC(=O)CCN1CCN(C(C)(C)C(=O)c2ccc(N3CCN(CCC(=O)OCCOCC(COCC)(COCCOC(=O)C=C)COCCOC(=O)C=C)CC3)cc2)CC1. The van der Waals surface area contributed by atoms with E-state index in [1.54, 1.807) is 0 Å². The standard InChI is InChI=1S/C60H92N4O20/c1-9-51(65)79-36-30-73-42-59(8,43-74-31-37-80-52(66)10-2)44-75-32-40-83-56(70)19-21-62-24-28-64(29-25-62)58(6,7)57(71)49-14-16-50(17-15-49)63-26-22-61(23-27-63)20-18-55(69)84-41-35-78-48-60(45-72-13-5,46-76-33-38-81-53(67)11-3)47-77-34-39-82-54(68)12-4/h9-12,14-17H,1-4,13,18-48H2,5-8H3. The zero-order chi connectivity index (χ0) is 61.5. The van der Waals surface area contributed by atoms with Gasteiger partial charge in [0.2, 0.25) is 0 Å². The Kier molecular flexibility index (Phi) is 35.5. The molecule has 2 aliphatic heterocycles. The van der Waals surface area contributed by atoms with Crippen LogP contribution in [0.25, 0.3) is 0 Å². The zero-order valence-electron chi connectivity index (χ0n) is 50.0. The summed E-state index contributed by atoms with van der Waals surface area (Å²) in [7, 11) is 0. The van der Waals surface area contributed by atoms with E-state index in [9.17, 15) is 33.6 Å². The maximum atomic E-state index is 14.0. The van der Waals surface area contributed by atoms with E-state index in [-0.39, 0.29) is 156 Å². The molecule has 0 spiro atoms. The first kappa shape index (κ1) is 72.3. The molecule has 84 heavy (non-hydrogen) atoms. The lowest BCUT2D eigenvalue weighted by molar-refractivity contribution is -0.149. The van der Waals surface area contributed by atoms with Crippen molar-refractivity contribution in [2.75, 3.05) is 202 Å². The molecule has 0 radical (unpaired) electrons. The molecular formula is C60H92N4O20. The molecule has 0 amide bonds. The van der Waals surface area contributed by atoms with Gasteiger partial charge >= 0.3 is 35.8 Å². The van der Waals surface area contributed by atoms with E-state index in [4.69, 9.17) is 61.6 Å². The van der Waals surface area contributed by atoms with E-state index in [1.165, 1.54) is 0 Å². The molecule has 2 heterocycles. The summed E-state index contributed by atoms with van der Waals surface area (Å²) < 4.78 is 71.5. The molecule has 0 saturated carbocycles. The van der Waals surface area contributed by atoms with Gasteiger partial charge in [0.25, 0.3) is 0 Å². The van der Waals surface area contributed by atoms with Crippen molar-refractivity contribution in [2.45, 2.75) is 46.1 Å². The predicted octanol–water partition coefficient (Wildman–Crippen LogP) is 3.30. The van der Waals surface area contributed by atoms with Crippen LogP contribution in [0.15, 0.2) is 74.9 Å². The van der Waals surface area contributed by atoms with Gasteiger partial charge in [0, 0.05) is 113 Å². The fourth-order valence-corrected chi connectivity index (χ4v) is 8.71. The van der Waals surface area contributed by atoms with Crippen LogP contribution in [0.3, 0.4) is 0 Å². The van der Waals surface area contributed by atoms with Crippen LogP contribution < -0.4 is 4.90 Å². The summed E-state index contributed by atoms with van der Waals surface area (Å²) in [4.78, 5) is 93.8. The van der Waals surface area contributed by atoms with E-state index in [1.807, 2.05) is 52.0 Å². The summed E-state index contributed by atoms with van der Waals surface area (Å²) in [6, 6.07) is 7.76. The summed E-state index contributed by atoms with van der Waals surface area (Å²) in [6.45, 7) is 30.7. The van der Waals surface area contributed by atoms with Crippen molar-refractivity contribution in [1.29, 1.82) is 0 Å². The first-order valence-corrected chi connectivity index (χ1v) is 28.5. The van der Waals surface area contributed by atoms with Gasteiger partial charge in [-0.25, -0.2) is 19.2 Å². The summed E-state index contributed by atoms with van der Waals surface area (Å²) in [5.41, 5.74) is -0.490. The number of esters is 6. The van der Waals surface area contributed by atoms with Crippen molar-refractivity contribution < 1.29 is 95.1 Å². The van der Waals surface area contributed by atoms with Crippen LogP contribution in [0.4, 0.5) is 5.69 Å². The normalized spacial score (nSPS) is 14.5. The van der Waals surface area contributed by atoms with Gasteiger partial charge in [-0.2, -0.15) is 0 Å². The van der Waals surface area contributed by atoms with Gasteiger partial charge in [-0.3, -0.25) is 24.2 Å². The minimum Gasteiger partial charge on any atom is -0.463 e. The first-order valence-electron chi connectivity index (χ1n) is 28.5. The second-order valence-electron chi connectivity index (χ2n) is 20.8. The average Bonchev–Trinajstić information content (AvgIpc) is 3.68. The maximum Gasteiger partial charge on any atom is 0.330 e. The number of Topliss-reactive ketones (excluding diaryl/α,β-unsaturated/α-hetero) is 1. The number of ether oxygens (including phenoxy) is 13. The highest BCUT2D eigenvalue weighted by atomic mass is 16.6. The Hall–Kier alpha value is -5.93. The fourth-order valence-electron chi connectivity index (χ4n) is 8.71. The van der Waals surface area contributed by atoms with Crippen molar-refractivity contribution in [1.82, 2.24) is 14.7 Å². The largest absolute Gasteiger partial charge is 0.463 e. The van der Waals surface area contributed by atoms with Crippen LogP contribution in [-0.4, -0.2) is 259 Å². The molecule has 3 rings (SSSR count). The smallest absolute Gasteiger partial charge is 0.330 e. The van der Waals surface area contributed by atoms with Gasteiger partial charge in [-0.1, -0.05) is 33.2 Å². The number of hydrogen-bond acceptors (Lipinski definition) is 24. The number of piperazine rings is 2. The van der Waals surface area contributed by atoms with Crippen molar-refractivity contribution in [3.8, 4) is 0 Å². The van der Waals surface area contributed by atoms with Gasteiger partial charge in [0.1, 0.15) is 39.6 Å². The third kappa shape index (κ3) is 29.2. The van der Waals surface area contributed by atoms with Gasteiger partial charge in [0.05, 0.1) is 110 Å². The molecular weight excluding hydrogens is 1100 g/mol. The minimum absolute atomic E-state index is 0.0269. The quantitative estimate of drug-likeness (QED) is 0.0298. The molecule has 0 atom stereocenters. The van der Waals surface area contributed by atoms with Crippen molar-refractivity contribution in [3.63, 3.8) is 0 Å². The zero-order valence-corrected chi connectivity index (χ0v) is 50.0. The maximum absolute atomic E-state index is 14.0. The fraction of sp³-hybridized carbons (Fsp3) is 0.650. The molecule has 1 aromatic rings. The summed E-state index contributed by atoms with van der Waals surface area (Å²) in [5.74, 6) is -2.85. The van der Waals surface area contributed by atoms with Crippen molar-refractivity contribution >= 4 is 47.3 Å². The van der Waals surface area contributed by atoms with Crippen LogP contribution in [0.2, 0.25) is 0 Å². The third-order valence-corrected chi connectivity index (χ3v) is 13.6. The molecule has 0 aliphatic carbocycles. The topological polar surface area (TPSA) is 252 Å². The third-order valence-electron chi connectivity index (χ3n) is 13.6. The van der Waals surface area contributed by atoms with Crippen LogP contribution in [-0.2, 0) is 90.3 Å². The highest BCUT2D eigenvalue weighted by Crippen LogP contribution is 2.26. The molecule has 0 unspecified atom stereocenters. The van der Waals surface area contributed by atoms with Gasteiger partial charge < -0.3 is 71.4 Å². The molecule has 0 aromatic heterocycles. The second kappa shape index (κ2) is 41.2. The summed E-state index contributed by atoms with van der Waals surface area (Å²) in [5, 5.41) is 0. The number of anilines is 1. The van der Waals surface area contributed by atoms with Crippen molar-refractivity contribution in [2.24, 2.45) is 10.8 Å². The lowest BCUT2D eigenvalue weighted by Crippen LogP contribution is -2.58. The van der Waals surface area contributed by atoms with E-state index >= 15 is 0 Å². The Morgan fingerprint density at radius 2 is 0.774 bits per heavy atom. The van der Waals surface area contributed by atoms with Crippen LogP contribution in [0, 0.1) is 10.8 Å². The van der Waals surface area contributed by atoms with Crippen molar-refractivity contribution in [3.05, 3.63) is 80.4 Å². The summed E-state index contributed by atoms with van der Waals surface area (Å²) in [6.07, 6.45) is 4.72. The number of nitrogens with zero attached hydrogens (tertiary/aromatic N) is 4. The minimum atomic E-state index is -0.777. The Bertz CT molecular complexity index is 2120. The lowest BCUT2D eigenvalue weighted by atomic mass is 9.90. The number of benzene rings is 1. The highest BCUT2D eigenvalue weighted by Gasteiger charge is 2.37. The lowest BCUT2D eigenvalue weighted by Gasteiger charge is -2.43. The number of ketones is 1. The molecule has 24 nitrogen and oxygen atoms in total. The molecule has 472 valence electrons. The molecule has 24 heteroatoms. The molecule has 2 saturated heterocycles. The average molecular weight is 1190 g/mol. The van der Waals surface area contributed by atoms with E-state index in [0.717, 1.165) is 56.2 Å². The number of hydrogen-bond donors (Lipinski definition) is 0. The Balaban J connectivity index is 1.34. The predicted molar refractivity (Wildman–Crippen MR) is 309 cm³/mol. The second-order valence-corrected chi connectivity index (χ2v) is 20.8. The molecule has 0 bridgehead atoms. The van der Waals surface area contributed by atoms with Crippen LogP contribution in [0.1, 0.15) is 50.9 Å². The van der Waals surface area contributed by atoms with Gasteiger partial charge in [-0.05, 0) is 45.0 Å². The molecule has 2 fully saturated rings. The van der Waals surface area contributed by atoms with E-state index < -0.39 is 40.2 Å². The van der Waals surface area contributed by atoms with E-state index in [0.29, 0.717) is 51.4 Å². The molecule has 0 N–H and O–H groups in total. The number of carbonyl (C=O) groups is 7. The Morgan fingerprint density at radius 3 is 1.13 bits per heavy atom. The summed E-state index contributed by atoms with van der Waals surface area (Å²) >= 11 is 0. The molecule has 1 aromatic carbocycles. The first-order chi connectivity index (χ1) is 40.4. The Labute approximate surface area is 495 Å². The number of rotatable bonds is 47. The van der Waals surface area contributed by atoms with Gasteiger partial charge in [-0.15, -0.1) is 0 Å². The Morgan fingerprint density at radius 1 is 0.440 bits per heavy atom. The van der Waals surface area contributed by atoms with Gasteiger partial charge in [0.15, 0.2) is 5.78 Å². The van der Waals surface area contributed by atoms with Crippen LogP contribution in [0.5, 0.6) is 0 Å². The molecule has 2 aliphatic rings. The monoisotopic (exact) mass is 1190 g/mol. The highest BCUT2D eigenvalue weighted by molar-refractivity contribution is 6.03. The number of carbonyl (C=O) groups excluding carboxylic acids is 7.